The molecule has 0 bridgehead atoms. The van der Waals surface area contributed by atoms with Crippen LogP contribution in [0.3, 0.4) is 0 Å². The van der Waals surface area contributed by atoms with Crippen molar-refractivity contribution in [2.45, 2.75) is 19.4 Å². The molecule has 0 unspecified atom stereocenters. The molecule has 106 valence electrons. The average Bonchev–Trinajstić information content (AvgIpc) is 2.90. The number of aliphatic hydroxyl groups excluding tert-OH is 1. The fraction of sp³-hybridized carbons (Fsp3) is 0.400. The molecule has 0 radical (unpaired) electrons. The smallest absolute Gasteiger partial charge is 0.227 e. The zero-order valence-electron chi connectivity index (χ0n) is 11.1. The monoisotopic (exact) mass is 275 g/mol. The van der Waals surface area contributed by atoms with Crippen LogP contribution in [0.2, 0.25) is 0 Å². The molecule has 0 saturated carbocycles. The van der Waals surface area contributed by atoms with Crippen molar-refractivity contribution in [3.8, 4) is 0 Å². The maximum atomic E-state index is 12.1. The second-order valence-corrected chi connectivity index (χ2v) is 5.00. The Morgan fingerprint density at radius 3 is 2.85 bits per heavy atom. The van der Waals surface area contributed by atoms with Gasteiger partial charge in [0.05, 0.1) is 0 Å². The van der Waals surface area contributed by atoms with Gasteiger partial charge in [-0.2, -0.15) is 0 Å². The summed E-state index contributed by atoms with van der Waals surface area (Å²) < 4.78 is 10.7. The first kappa shape index (κ1) is 13.1. The number of ether oxygens (including phenoxy) is 1. The van der Waals surface area contributed by atoms with E-state index in [4.69, 9.17) is 14.3 Å². The Morgan fingerprint density at radius 1 is 1.30 bits per heavy atom. The van der Waals surface area contributed by atoms with Crippen molar-refractivity contribution in [1.82, 2.24) is 0 Å². The molecular formula is C15H17NO4. The first-order valence-corrected chi connectivity index (χ1v) is 6.78. The molecule has 1 aromatic heterocycles. The molecule has 1 aromatic carbocycles. The predicted molar refractivity (Wildman–Crippen MR) is 74.3 cm³/mol. The molecule has 0 aliphatic carbocycles. The van der Waals surface area contributed by atoms with Gasteiger partial charge >= 0.3 is 0 Å². The van der Waals surface area contributed by atoms with Crippen molar-refractivity contribution in [3.63, 3.8) is 0 Å². The van der Waals surface area contributed by atoms with Gasteiger partial charge in [-0.15, -0.1) is 0 Å². The Hall–Kier alpha value is -1.85. The van der Waals surface area contributed by atoms with Gasteiger partial charge in [0.25, 0.3) is 0 Å². The Bertz CT molecular complexity index is 613. The van der Waals surface area contributed by atoms with Crippen molar-refractivity contribution < 1.29 is 19.1 Å². The number of hydrogen-bond acceptors (Lipinski definition) is 4. The number of carbonyl (C=O) groups excluding carboxylic acids is 1. The molecule has 1 saturated heterocycles. The highest BCUT2D eigenvalue weighted by Crippen LogP contribution is 2.24. The Balaban J connectivity index is 1.74. The third-order valence-corrected chi connectivity index (χ3v) is 3.58. The van der Waals surface area contributed by atoms with Gasteiger partial charge in [-0.3, -0.25) is 4.79 Å². The quantitative estimate of drug-likeness (QED) is 0.901. The van der Waals surface area contributed by atoms with E-state index >= 15 is 0 Å². The van der Waals surface area contributed by atoms with E-state index in [0.29, 0.717) is 24.6 Å². The van der Waals surface area contributed by atoms with Gasteiger partial charge in [-0.1, -0.05) is 0 Å². The Labute approximate surface area is 116 Å². The van der Waals surface area contributed by atoms with Crippen LogP contribution in [-0.2, 0) is 16.1 Å². The maximum absolute atomic E-state index is 12.1. The Morgan fingerprint density at radius 2 is 2.10 bits per heavy atom. The van der Waals surface area contributed by atoms with Crippen LogP contribution < -0.4 is 5.32 Å². The summed E-state index contributed by atoms with van der Waals surface area (Å²) in [7, 11) is 0. The summed E-state index contributed by atoms with van der Waals surface area (Å²) >= 11 is 0. The van der Waals surface area contributed by atoms with Crippen LogP contribution in [-0.4, -0.2) is 24.2 Å². The number of anilines is 1. The highest BCUT2D eigenvalue weighted by molar-refractivity contribution is 5.94. The molecule has 1 fully saturated rings. The fourth-order valence-corrected chi connectivity index (χ4v) is 2.46. The molecular weight excluding hydrogens is 258 g/mol. The zero-order valence-corrected chi connectivity index (χ0v) is 11.1. The first-order chi connectivity index (χ1) is 9.76. The number of amides is 1. The number of hydrogen-bond donors (Lipinski definition) is 2. The van der Waals surface area contributed by atoms with E-state index < -0.39 is 0 Å². The van der Waals surface area contributed by atoms with Crippen LogP contribution in [0.5, 0.6) is 0 Å². The second-order valence-electron chi connectivity index (χ2n) is 5.00. The molecule has 2 heterocycles. The number of benzene rings is 1. The van der Waals surface area contributed by atoms with Crippen molar-refractivity contribution in [1.29, 1.82) is 0 Å². The van der Waals surface area contributed by atoms with Crippen LogP contribution in [0.1, 0.15) is 18.6 Å². The summed E-state index contributed by atoms with van der Waals surface area (Å²) in [5, 5.41) is 12.9. The van der Waals surface area contributed by atoms with Crippen molar-refractivity contribution >= 4 is 22.6 Å². The zero-order chi connectivity index (χ0) is 13.9. The normalized spacial score (nSPS) is 16.4. The summed E-state index contributed by atoms with van der Waals surface area (Å²) in [6, 6.07) is 7.24. The van der Waals surface area contributed by atoms with Crippen LogP contribution in [0.15, 0.2) is 28.7 Å². The molecule has 20 heavy (non-hydrogen) atoms. The number of aliphatic hydroxyl groups is 1. The third kappa shape index (κ3) is 2.69. The van der Waals surface area contributed by atoms with E-state index in [1.807, 2.05) is 12.1 Å². The molecule has 3 rings (SSSR count). The molecule has 1 amide bonds. The molecule has 2 N–H and O–H groups in total. The second kappa shape index (κ2) is 5.64. The van der Waals surface area contributed by atoms with Gasteiger partial charge < -0.3 is 19.6 Å². The molecule has 1 aliphatic rings. The summed E-state index contributed by atoms with van der Waals surface area (Å²) in [6.07, 6.45) is 1.54. The van der Waals surface area contributed by atoms with E-state index in [1.165, 1.54) is 0 Å². The van der Waals surface area contributed by atoms with E-state index in [0.717, 1.165) is 23.9 Å². The number of fused-ring (bicyclic) bond motifs is 1. The largest absolute Gasteiger partial charge is 0.459 e. The summed E-state index contributed by atoms with van der Waals surface area (Å²) in [5.41, 5.74) is 1.46. The minimum Gasteiger partial charge on any atom is -0.459 e. The van der Waals surface area contributed by atoms with E-state index in [1.54, 1.807) is 12.1 Å². The SMILES string of the molecule is O=C(Nc1ccc2oc(CO)cc2c1)C1CCOCC1. The number of rotatable bonds is 3. The van der Waals surface area contributed by atoms with E-state index in [9.17, 15) is 4.79 Å². The van der Waals surface area contributed by atoms with Gasteiger partial charge in [0, 0.05) is 30.2 Å². The molecule has 1 aliphatic heterocycles. The topological polar surface area (TPSA) is 71.7 Å². The molecule has 2 aromatic rings. The molecule has 5 nitrogen and oxygen atoms in total. The Kier molecular flexibility index (Phi) is 3.71. The predicted octanol–water partition coefficient (Wildman–Crippen LogP) is 2.29. The van der Waals surface area contributed by atoms with Crippen molar-refractivity contribution in [3.05, 3.63) is 30.0 Å². The molecule has 5 heteroatoms. The first-order valence-electron chi connectivity index (χ1n) is 6.78. The van der Waals surface area contributed by atoms with Gasteiger partial charge in [0.15, 0.2) is 0 Å². The highest BCUT2D eigenvalue weighted by atomic mass is 16.5. The van der Waals surface area contributed by atoms with Crippen LogP contribution in [0, 0.1) is 5.92 Å². The third-order valence-electron chi connectivity index (χ3n) is 3.58. The van der Waals surface area contributed by atoms with Gasteiger partial charge in [-0.05, 0) is 37.1 Å². The van der Waals surface area contributed by atoms with E-state index in [-0.39, 0.29) is 18.4 Å². The van der Waals surface area contributed by atoms with Crippen LogP contribution >= 0.6 is 0 Å². The van der Waals surface area contributed by atoms with E-state index in [2.05, 4.69) is 5.32 Å². The number of carbonyl (C=O) groups is 1. The van der Waals surface area contributed by atoms with Crippen LogP contribution in [0.25, 0.3) is 11.0 Å². The minimum absolute atomic E-state index is 0.0248. The number of furan rings is 1. The van der Waals surface area contributed by atoms with Gasteiger partial charge in [0.1, 0.15) is 18.0 Å². The minimum atomic E-state index is -0.127. The summed E-state index contributed by atoms with van der Waals surface area (Å²) in [6.45, 7) is 1.18. The van der Waals surface area contributed by atoms with Crippen molar-refractivity contribution in [2.24, 2.45) is 5.92 Å². The van der Waals surface area contributed by atoms with Crippen molar-refractivity contribution in [2.75, 3.05) is 18.5 Å². The lowest BCUT2D eigenvalue weighted by Gasteiger charge is -2.21. The maximum Gasteiger partial charge on any atom is 0.227 e. The summed E-state index contributed by atoms with van der Waals surface area (Å²) in [4.78, 5) is 12.1. The molecule has 0 spiro atoms. The lowest BCUT2D eigenvalue weighted by molar-refractivity contribution is -0.122. The average molecular weight is 275 g/mol. The molecule has 0 atom stereocenters. The highest BCUT2D eigenvalue weighted by Gasteiger charge is 2.21. The van der Waals surface area contributed by atoms with Crippen LogP contribution in [0.4, 0.5) is 5.69 Å². The van der Waals surface area contributed by atoms with Gasteiger partial charge in [-0.25, -0.2) is 0 Å². The summed E-state index contributed by atoms with van der Waals surface area (Å²) in [5.74, 6) is 0.586. The van der Waals surface area contributed by atoms with Gasteiger partial charge in [0.2, 0.25) is 5.91 Å². The number of nitrogens with one attached hydrogen (secondary N) is 1. The standard InChI is InChI=1S/C15H17NO4/c17-9-13-8-11-7-12(1-2-14(11)20-13)16-15(18)10-3-5-19-6-4-10/h1-2,7-8,10,17H,3-6,9H2,(H,16,18). The lowest BCUT2D eigenvalue weighted by atomic mass is 9.99. The fourth-order valence-electron chi connectivity index (χ4n) is 2.46. The lowest BCUT2D eigenvalue weighted by Crippen LogP contribution is -2.28.